The molecule has 0 aromatic heterocycles. The van der Waals surface area contributed by atoms with Crippen LogP contribution in [0.3, 0.4) is 0 Å². The Hall–Kier alpha value is -1.23. The highest BCUT2D eigenvalue weighted by Gasteiger charge is 2.23. The minimum Gasteiger partial charge on any atom is -0.392 e. The highest BCUT2D eigenvalue weighted by atomic mass is 32.2. The largest absolute Gasteiger partial charge is 0.392 e. The molecule has 0 saturated heterocycles. The predicted molar refractivity (Wildman–Crippen MR) is 76.6 cm³/mol. The van der Waals surface area contributed by atoms with Gasteiger partial charge in [0.25, 0.3) is 0 Å². The molecule has 106 valence electrons. The van der Waals surface area contributed by atoms with E-state index in [9.17, 15) is 16.8 Å². The number of primary sulfonamides is 1. The van der Waals surface area contributed by atoms with Gasteiger partial charge in [-0.1, -0.05) is 12.2 Å². The second-order valence-electron chi connectivity index (χ2n) is 3.76. The minimum atomic E-state index is -3.81. The first-order valence-corrected chi connectivity index (χ1v) is 8.48. The Morgan fingerprint density at radius 2 is 1.68 bits per heavy atom. The highest BCUT2D eigenvalue weighted by molar-refractivity contribution is 7.95. The van der Waals surface area contributed by atoms with Crippen molar-refractivity contribution in [2.75, 3.05) is 4.72 Å². The number of thiocarbonyl (C=S) groups is 1. The van der Waals surface area contributed by atoms with Gasteiger partial charge in [0, 0.05) is 5.69 Å². The first-order chi connectivity index (χ1) is 8.54. The zero-order chi connectivity index (χ0) is 14.8. The van der Waals surface area contributed by atoms with Crippen molar-refractivity contribution in [3.8, 4) is 0 Å². The van der Waals surface area contributed by atoms with Crippen LogP contribution in [0.25, 0.3) is 0 Å². The van der Waals surface area contributed by atoms with E-state index in [1.54, 1.807) is 0 Å². The van der Waals surface area contributed by atoms with Gasteiger partial charge in [0.1, 0.15) is 5.25 Å². The quantitative estimate of drug-likeness (QED) is 0.640. The monoisotopic (exact) mass is 323 g/mol. The molecule has 7 nitrogen and oxygen atoms in total. The predicted octanol–water partition coefficient (Wildman–Crippen LogP) is -0.250. The van der Waals surface area contributed by atoms with Crippen LogP contribution in [0.4, 0.5) is 5.69 Å². The molecule has 19 heavy (non-hydrogen) atoms. The maximum atomic E-state index is 11.8. The molecule has 0 amide bonds. The van der Waals surface area contributed by atoms with Crippen molar-refractivity contribution in [2.24, 2.45) is 10.9 Å². The van der Waals surface area contributed by atoms with Gasteiger partial charge in [-0.3, -0.25) is 4.72 Å². The second kappa shape index (κ2) is 5.41. The SMILES string of the molecule is CC(C(N)=S)S(=O)(=O)Nc1ccc(S(N)(=O)=O)cc1. The Morgan fingerprint density at radius 1 is 1.21 bits per heavy atom. The van der Waals surface area contributed by atoms with E-state index in [2.05, 4.69) is 16.9 Å². The average Bonchev–Trinajstić information content (AvgIpc) is 2.26. The van der Waals surface area contributed by atoms with Gasteiger partial charge in [0.2, 0.25) is 20.0 Å². The number of sulfonamides is 2. The lowest BCUT2D eigenvalue weighted by atomic mass is 10.3. The first-order valence-electron chi connectivity index (χ1n) is 4.98. The third-order valence-corrected chi connectivity index (χ3v) is 5.45. The van der Waals surface area contributed by atoms with Crippen LogP contribution in [0.15, 0.2) is 29.2 Å². The van der Waals surface area contributed by atoms with Crippen LogP contribution in [-0.2, 0) is 20.0 Å². The summed E-state index contributed by atoms with van der Waals surface area (Å²) in [6.07, 6.45) is 0. The van der Waals surface area contributed by atoms with Crippen molar-refractivity contribution in [1.82, 2.24) is 0 Å². The summed E-state index contributed by atoms with van der Waals surface area (Å²) in [6, 6.07) is 4.95. The van der Waals surface area contributed by atoms with E-state index in [4.69, 9.17) is 10.9 Å². The molecule has 1 unspecified atom stereocenters. The summed E-state index contributed by atoms with van der Waals surface area (Å²) in [5, 5.41) is 3.88. The summed E-state index contributed by atoms with van der Waals surface area (Å²) >= 11 is 4.61. The molecular formula is C9H13N3O4S3. The zero-order valence-corrected chi connectivity index (χ0v) is 12.3. The van der Waals surface area contributed by atoms with Gasteiger partial charge >= 0.3 is 0 Å². The van der Waals surface area contributed by atoms with E-state index in [1.807, 2.05) is 0 Å². The van der Waals surface area contributed by atoms with Crippen LogP contribution >= 0.6 is 12.2 Å². The van der Waals surface area contributed by atoms with E-state index < -0.39 is 25.3 Å². The number of hydrogen-bond donors (Lipinski definition) is 3. The summed E-state index contributed by atoms with van der Waals surface area (Å²) in [5.74, 6) is 0. The standard InChI is InChI=1S/C9H13N3O4S3/c1-6(9(10)17)19(15,16)12-7-2-4-8(5-3-7)18(11,13)14/h2-6,12H,1H3,(H2,10,17)(H2,11,13,14). The third-order valence-electron chi connectivity index (χ3n) is 2.31. The van der Waals surface area contributed by atoms with Crippen LogP contribution in [-0.4, -0.2) is 27.1 Å². The van der Waals surface area contributed by atoms with Crippen LogP contribution < -0.4 is 15.6 Å². The van der Waals surface area contributed by atoms with E-state index in [1.165, 1.54) is 31.2 Å². The Morgan fingerprint density at radius 3 is 2.05 bits per heavy atom. The number of nitrogens with one attached hydrogen (secondary N) is 1. The van der Waals surface area contributed by atoms with E-state index >= 15 is 0 Å². The lowest BCUT2D eigenvalue weighted by molar-refractivity contribution is 0.597. The van der Waals surface area contributed by atoms with Crippen molar-refractivity contribution >= 4 is 42.9 Å². The zero-order valence-electron chi connectivity index (χ0n) is 9.90. The second-order valence-corrected chi connectivity index (χ2v) is 7.80. The van der Waals surface area contributed by atoms with Gasteiger partial charge in [0.15, 0.2) is 0 Å². The van der Waals surface area contributed by atoms with Gasteiger partial charge in [-0.05, 0) is 31.2 Å². The Kier molecular flexibility index (Phi) is 4.50. The van der Waals surface area contributed by atoms with E-state index in [-0.39, 0.29) is 15.6 Å². The molecule has 1 atom stereocenters. The average molecular weight is 323 g/mol. The Labute approximate surface area is 117 Å². The van der Waals surface area contributed by atoms with E-state index in [0.29, 0.717) is 0 Å². The lowest BCUT2D eigenvalue weighted by Gasteiger charge is -2.13. The Balaban J connectivity index is 2.99. The van der Waals surface area contributed by atoms with Gasteiger partial charge < -0.3 is 5.73 Å². The molecule has 0 heterocycles. The molecular weight excluding hydrogens is 310 g/mol. The van der Waals surface area contributed by atoms with Gasteiger partial charge in [-0.25, -0.2) is 22.0 Å². The topological polar surface area (TPSA) is 132 Å². The third kappa shape index (κ3) is 4.13. The number of anilines is 1. The van der Waals surface area contributed by atoms with Crippen LogP contribution in [0.2, 0.25) is 0 Å². The molecule has 5 N–H and O–H groups in total. The number of hydrogen-bond acceptors (Lipinski definition) is 5. The van der Waals surface area contributed by atoms with Crippen molar-refractivity contribution in [1.29, 1.82) is 0 Å². The molecule has 0 fully saturated rings. The fraction of sp³-hybridized carbons (Fsp3) is 0.222. The van der Waals surface area contributed by atoms with Gasteiger partial charge in [-0.15, -0.1) is 0 Å². The summed E-state index contributed by atoms with van der Waals surface area (Å²) in [5.41, 5.74) is 5.46. The van der Waals surface area contributed by atoms with Gasteiger partial charge in [-0.2, -0.15) is 0 Å². The molecule has 0 aliphatic rings. The van der Waals surface area contributed by atoms with Crippen LogP contribution in [0.5, 0.6) is 0 Å². The smallest absolute Gasteiger partial charge is 0.241 e. The summed E-state index contributed by atoms with van der Waals surface area (Å²) < 4.78 is 47.9. The van der Waals surface area contributed by atoms with Gasteiger partial charge in [0.05, 0.1) is 9.88 Å². The molecule has 0 aliphatic heterocycles. The van der Waals surface area contributed by atoms with Crippen LogP contribution in [0.1, 0.15) is 6.92 Å². The molecule has 1 aromatic rings. The molecule has 0 saturated carbocycles. The van der Waals surface area contributed by atoms with Crippen molar-refractivity contribution in [3.63, 3.8) is 0 Å². The molecule has 0 spiro atoms. The number of benzene rings is 1. The Bertz CT molecular complexity index is 680. The summed E-state index contributed by atoms with van der Waals surface area (Å²) in [7, 11) is -7.57. The summed E-state index contributed by atoms with van der Waals surface area (Å²) in [6.45, 7) is 1.35. The molecule has 0 bridgehead atoms. The maximum Gasteiger partial charge on any atom is 0.241 e. The number of nitrogens with two attached hydrogens (primary N) is 2. The normalized spacial score (nSPS) is 13.8. The first kappa shape index (κ1) is 15.8. The lowest BCUT2D eigenvalue weighted by Crippen LogP contribution is -2.35. The van der Waals surface area contributed by atoms with Crippen LogP contribution in [0, 0.1) is 0 Å². The molecule has 10 heteroatoms. The maximum absolute atomic E-state index is 11.8. The minimum absolute atomic E-state index is 0.113. The fourth-order valence-corrected chi connectivity index (χ4v) is 2.96. The summed E-state index contributed by atoms with van der Waals surface area (Å²) in [4.78, 5) is -0.272. The molecule has 1 aromatic carbocycles. The van der Waals surface area contributed by atoms with Crippen molar-refractivity contribution < 1.29 is 16.8 Å². The highest BCUT2D eigenvalue weighted by Crippen LogP contribution is 2.15. The van der Waals surface area contributed by atoms with E-state index in [0.717, 1.165) is 0 Å². The molecule has 1 rings (SSSR count). The van der Waals surface area contributed by atoms with Crippen molar-refractivity contribution in [3.05, 3.63) is 24.3 Å². The number of rotatable bonds is 5. The molecule has 0 radical (unpaired) electrons. The van der Waals surface area contributed by atoms with Crippen molar-refractivity contribution in [2.45, 2.75) is 17.1 Å². The molecule has 0 aliphatic carbocycles. The fourth-order valence-electron chi connectivity index (χ4n) is 1.12.